The van der Waals surface area contributed by atoms with E-state index in [-0.39, 0.29) is 6.10 Å². The average Bonchev–Trinajstić information content (AvgIpc) is 3.37. The van der Waals surface area contributed by atoms with E-state index < -0.39 is 0 Å². The van der Waals surface area contributed by atoms with Gasteiger partial charge >= 0.3 is 0 Å². The molecule has 4 unspecified atom stereocenters. The summed E-state index contributed by atoms with van der Waals surface area (Å²) in [6, 6.07) is 15.8. The molecule has 3 heteroatoms. The van der Waals surface area contributed by atoms with Crippen molar-refractivity contribution in [3.8, 4) is 5.75 Å². The van der Waals surface area contributed by atoms with Crippen LogP contribution < -0.4 is 10.1 Å². The highest BCUT2D eigenvalue weighted by atomic mass is 16.5. The molecule has 0 amide bonds. The van der Waals surface area contributed by atoms with Crippen LogP contribution in [0.3, 0.4) is 0 Å². The van der Waals surface area contributed by atoms with Gasteiger partial charge in [0.1, 0.15) is 12.4 Å². The predicted molar refractivity (Wildman–Crippen MR) is 108 cm³/mol. The van der Waals surface area contributed by atoms with Crippen molar-refractivity contribution in [2.24, 2.45) is 5.92 Å². The van der Waals surface area contributed by atoms with Crippen LogP contribution >= 0.6 is 0 Å². The molecule has 2 heterocycles. The minimum atomic E-state index is 0.254. The maximum atomic E-state index is 6.05. The fourth-order valence-corrected chi connectivity index (χ4v) is 4.82. The zero-order valence-corrected chi connectivity index (χ0v) is 15.9. The first-order valence-corrected chi connectivity index (χ1v) is 10.2. The van der Waals surface area contributed by atoms with Gasteiger partial charge in [0, 0.05) is 18.2 Å². The Morgan fingerprint density at radius 3 is 3.00 bits per heavy atom. The van der Waals surface area contributed by atoms with Gasteiger partial charge in [0.25, 0.3) is 0 Å². The van der Waals surface area contributed by atoms with Crippen molar-refractivity contribution in [2.75, 3.05) is 18.5 Å². The van der Waals surface area contributed by atoms with E-state index in [1.807, 2.05) is 0 Å². The lowest BCUT2D eigenvalue weighted by Crippen LogP contribution is -2.29. The van der Waals surface area contributed by atoms with Crippen molar-refractivity contribution in [3.05, 3.63) is 71.3 Å². The summed E-state index contributed by atoms with van der Waals surface area (Å²) in [7, 11) is 0. The van der Waals surface area contributed by atoms with Gasteiger partial charge in [0.05, 0.1) is 12.1 Å². The summed E-state index contributed by atoms with van der Waals surface area (Å²) in [5.41, 5.74) is 5.31. The Bertz CT molecular complexity index is 853. The number of benzene rings is 2. The van der Waals surface area contributed by atoms with Crippen molar-refractivity contribution in [2.45, 2.75) is 44.2 Å². The summed E-state index contributed by atoms with van der Waals surface area (Å²) in [4.78, 5) is 0. The standard InChI is InChI=1S/C24H27NO2/c1-16-5-2-6-17(13-16)24-21-9-3-8-20(21)22-14-18(10-11-23(22)25-24)27-15-19-7-4-12-26-19/h2-3,5-6,8,10-11,13-14,19-21,24-25H,4,7,9,12,15H2,1H3. The molecular formula is C24H27NO2. The summed E-state index contributed by atoms with van der Waals surface area (Å²) in [5.74, 6) is 1.98. The fourth-order valence-electron chi connectivity index (χ4n) is 4.82. The Balaban J connectivity index is 1.40. The SMILES string of the molecule is Cc1cccc(C2Nc3ccc(OCC4CCCO4)cc3C3C=CCC32)c1. The molecule has 2 aliphatic heterocycles. The number of hydrogen-bond acceptors (Lipinski definition) is 3. The third-order valence-electron chi connectivity index (χ3n) is 6.20. The normalized spacial score (nSPS) is 28.5. The summed E-state index contributed by atoms with van der Waals surface area (Å²) in [6.45, 7) is 3.70. The number of ether oxygens (including phenoxy) is 2. The molecule has 3 nitrogen and oxygen atoms in total. The van der Waals surface area contributed by atoms with E-state index in [4.69, 9.17) is 9.47 Å². The molecule has 5 rings (SSSR count). The molecule has 1 saturated heterocycles. The summed E-state index contributed by atoms with van der Waals surface area (Å²) >= 11 is 0. The molecule has 0 saturated carbocycles. The number of anilines is 1. The molecule has 4 atom stereocenters. The topological polar surface area (TPSA) is 30.5 Å². The number of hydrogen-bond donors (Lipinski definition) is 1. The maximum Gasteiger partial charge on any atom is 0.119 e. The van der Waals surface area contributed by atoms with Gasteiger partial charge in [-0.3, -0.25) is 0 Å². The van der Waals surface area contributed by atoms with E-state index in [2.05, 4.69) is 66.9 Å². The van der Waals surface area contributed by atoms with E-state index in [0.717, 1.165) is 31.6 Å². The van der Waals surface area contributed by atoms with Crippen LogP contribution in [0, 0.1) is 12.8 Å². The van der Waals surface area contributed by atoms with Crippen LogP contribution in [-0.4, -0.2) is 19.3 Å². The molecule has 0 aromatic heterocycles. The van der Waals surface area contributed by atoms with E-state index in [1.165, 1.54) is 22.4 Å². The van der Waals surface area contributed by atoms with Gasteiger partial charge < -0.3 is 14.8 Å². The minimum Gasteiger partial charge on any atom is -0.491 e. The van der Waals surface area contributed by atoms with Crippen LogP contribution in [-0.2, 0) is 4.74 Å². The Kier molecular flexibility index (Phi) is 4.41. The highest BCUT2D eigenvalue weighted by Crippen LogP contribution is 2.50. The van der Waals surface area contributed by atoms with E-state index in [1.54, 1.807) is 0 Å². The van der Waals surface area contributed by atoms with Crippen LogP contribution in [0.5, 0.6) is 5.75 Å². The highest BCUT2D eigenvalue weighted by molar-refractivity contribution is 5.61. The third-order valence-corrected chi connectivity index (χ3v) is 6.20. The molecule has 0 bridgehead atoms. The number of rotatable bonds is 4. The van der Waals surface area contributed by atoms with Crippen molar-refractivity contribution in [3.63, 3.8) is 0 Å². The molecule has 3 aliphatic rings. The first-order chi connectivity index (χ1) is 13.3. The Morgan fingerprint density at radius 1 is 1.19 bits per heavy atom. The highest BCUT2D eigenvalue weighted by Gasteiger charge is 2.38. The first-order valence-electron chi connectivity index (χ1n) is 10.2. The van der Waals surface area contributed by atoms with Crippen molar-refractivity contribution in [1.82, 2.24) is 0 Å². The van der Waals surface area contributed by atoms with Gasteiger partial charge in [0.2, 0.25) is 0 Å². The lowest BCUT2D eigenvalue weighted by Gasteiger charge is -2.37. The number of fused-ring (bicyclic) bond motifs is 3. The van der Waals surface area contributed by atoms with E-state index in [9.17, 15) is 0 Å². The lowest BCUT2D eigenvalue weighted by atomic mass is 9.77. The summed E-state index contributed by atoms with van der Waals surface area (Å²) < 4.78 is 11.7. The van der Waals surface area contributed by atoms with Crippen molar-refractivity contribution >= 4 is 5.69 Å². The first kappa shape index (κ1) is 16.9. The van der Waals surface area contributed by atoms with Gasteiger partial charge in [-0.2, -0.15) is 0 Å². The number of aryl methyl sites for hydroxylation is 1. The number of allylic oxidation sites excluding steroid dienone is 2. The maximum absolute atomic E-state index is 6.05. The third kappa shape index (κ3) is 3.25. The Labute approximate surface area is 161 Å². The average molecular weight is 361 g/mol. The predicted octanol–water partition coefficient (Wildman–Crippen LogP) is 5.38. The van der Waals surface area contributed by atoms with Gasteiger partial charge in [-0.1, -0.05) is 42.0 Å². The molecule has 0 spiro atoms. The molecule has 2 aromatic rings. The quantitative estimate of drug-likeness (QED) is 0.742. The molecule has 1 aliphatic carbocycles. The van der Waals surface area contributed by atoms with Gasteiger partial charge in [-0.15, -0.1) is 0 Å². The molecular weight excluding hydrogens is 334 g/mol. The van der Waals surface area contributed by atoms with Gasteiger partial charge in [-0.05, 0) is 61.4 Å². The zero-order chi connectivity index (χ0) is 18.2. The second-order valence-corrected chi connectivity index (χ2v) is 8.08. The van der Waals surface area contributed by atoms with Crippen LogP contribution in [0.4, 0.5) is 5.69 Å². The lowest BCUT2D eigenvalue weighted by molar-refractivity contribution is 0.0679. The second kappa shape index (κ2) is 7.05. The Hall–Kier alpha value is -2.26. The van der Waals surface area contributed by atoms with Crippen molar-refractivity contribution < 1.29 is 9.47 Å². The second-order valence-electron chi connectivity index (χ2n) is 8.08. The van der Waals surface area contributed by atoms with E-state index >= 15 is 0 Å². The van der Waals surface area contributed by atoms with Crippen LogP contribution in [0.2, 0.25) is 0 Å². The monoisotopic (exact) mass is 361 g/mol. The van der Waals surface area contributed by atoms with Crippen LogP contribution in [0.15, 0.2) is 54.6 Å². The van der Waals surface area contributed by atoms with Crippen LogP contribution in [0.1, 0.15) is 47.9 Å². The fraction of sp³-hybridized carbons (Fsp3) is 0.417. The number of nitrogens with one attached hydrogen (secondary N) is 1. The zero-order valence-electron chi connectivity index (χ0n) is 15.9. The molecule has 1 N–H and O–H groups in total. The van der Waals surface area contributed by atoms with Gasteiger partial charge in [-0.25, -0.2) is 0 Å². The van der Waals surface area contributed by atoms with Crippen LogP contribution in [0.25, 0.3) is 0 Å². The smallest absolute Gasteiger partial charge is 0.119 e. The molecule has 0 radical (unpaired) electrons. The van der Waals surface area contributed by atoms with E-state index in [0.29, 0.717) is 24.5 Å². The largest absolute Gasteiger partial charge is 0.491 e. The minimum absolute atomic E-state index is 0.254. The van der Waals surface area contributed by atoms with Crippen molar-refractivity contribution in [1.29, 1.82) is 0 Å². The van der Waals surface area contributed by atoms with Gasteiger partial charge in [0.15, 0.2) is 0 Å². The summed E-state index contributed by atoms with van der Waals surface area (Å²) in [5, 5.41) is 3.82. The molecule has 1 fully saturated rings. The summed E-state index contributed by atoms with van der Waals surface area (Å²) in [6.07, 6.45) is 8.36. The Morgan fingerprint density at radius 2 is 2.15 bits per heavy atom. The molecule has 27 heavy (non-hydrogen) atoms. The molecule has 2 aromatic carbocycles. The molecule has 140 valence electrons.